The number of carbonyl (C=O) groups excluding carboxylic acids is 2. The third-order valence-corrected chi connectivity index (χ3v) is 14.8. The van der Waals surface area contributed by atoms with Crippen LogP contribution in [-0.2, 0) is 34.0 Å². The minimum absolute atomic E-state index is 0.0349. The Bertz CT molecular complexity index is 3420. The van der Waals surface area contributed by atoms with E-state index in [0.29, 0.717) is 122 Å². The Morgan fingerprint density at radius 1 is 0.833 bits per heavy atom. The Labute approximate surface area is 458 Å². The van der Waals surface area contributed by atoms with Crippen LogP contribution in [0.25, 0.3) is 43.2 Å². The lowest BCUT2D eigenvalue weighted by Gasteiger charge is -2.34. The van der Waals surface area contributed by atoms with E-state index in [0.717, 1.165) is 11.1 Å². The second-order valence-corrected chi connectivity index (χ2v) is 19.6. The third kappa shape index (κ3) is 12.9. The average Bonchev–Trinajstić information content (AvgIpc) is 4.08. The molecule has 9 rings (SSSR count). The number of carbonyl (C=O) groups is 3. The second kappa shape index (κ2) is 25.3. The monoisotopic (exact) mass is 1090 g/mol. The molecule has 3 N–H and O–H groups in total. The first-order chi connectivity index (χ1) is 37.9. The highest BCUT2D eigenvalue weighted by atomic mass is 35.5. The van der Waals surface area contributed by atoms with Crippen molar-refractivity contribution in [1.82, 2.24) is 35.1 Å². The number of ether oxygens (including phenoxy) is 5. The first-order valence-electron chi connectivity index (χ1n) is 25.1. The van der Waals surface area contributed by atoms with Crippen LogP contribution in [0.1, 0.15) is 29.3 Å². The molecular formula is C58H56ClFN8O9S. The first kappa shape index (κ1) is 54.6. The molecule has 17 nitrogen and oxygen atoms in total. The molecule has 0 spiro atoms. The highest BCUT2D eigenvalue weighted by Crippen LogP contribution is 2.49. The molecule has 4 heterocycles. The molecule has 0 bridgehead atoms. The summed E-state index contributed by atoms with van der Waals surface area (Å²) in [6.07, 6.45) is 1.06. The third-order valence-electron chi connectivity index (χ3n) is 13.2. The number of para-hydroxylation sites is 2. The van der Waals surface area contributed by atoms with E-state index in [1.165, 1.54) is 29.8 Å². The summed E-state index contributed by atoms with van der Waals surface area (Å²) in [5, 5.41) is 17.3. The van der Waals surface area contributed by atoms with Crippen molar-refractivity contribution in [2.45, 2.75) is 45.6 Å². The minimum Gasteiger partial charge on any atom is -0.496 e. The van der Waals surface area contributed by atoms with Crippen molar-refractivity contribution < 1.29 is 47.6 Å². The lowest BCUT2D eigenvalue weighted by molar-refractivity contribution is -0.145. The number of nitrogens with one attached hydrogen (secondary N) is 2. The van der Waals surface area contributed by atoms with E-state index in [-0.39, 0.29) is 37.5 Å². The molecule has 0 saturated carbocycles. The molecule has 2 unspecified atom stereocenters. The van der Waals surface area contributed by atoms with Crippen LogP contribution in [0.3, 0.4) is 0 Å². The van der Waals surface area contributed by atoms with Gasteiger partial charge >= 0.3 is 12.1 Å². The van der Waals surface area contributed by atoms with Gasteiger partial charge in [0.1, 0.15) is 54.0 Å². The van der Waals surface area contributed by atoms with E-state index in [9.17, 15) is 23.9 Å². The topological polar surface area (TPSA) is 200 Å². The standard InChI is InChI=1S/C58H56ClFN8O9S/c1-35-43(21-22-47(51(35)59)74-30-29-67-25-27-68(28-26-67)58(72)76-32-37-13-19-41(20-14-37)66-54(69)36(2)61-3)49-50-55(63-34-64-56(50)78-52(49)38-15-17-40(60)18-16-38)77-48(57(70)71)31-39-9-5-7-11-45(39)75-33-42-23-24-62-53(65-42)44-10-6-8-12-46(44)73-4/h5-24,34,36,48,61H,25-33H2,1-4H3,(H,66,69)(H,70,71). The molecule has 78 heavy (non-hydrogen) atoms. The van der Waals surface area contributed by atoms with Crippen LogP contribution in [0.4, 0.5) is 14.9 Å². The number of aliphatic carboxylic acids is 1. The van der Waals surface area contributed by atoms with E-state index in [1.54, 1.807) is 92.8 Å². The van der Waals surface area contributed by atoms with Gasteiger partial charge in [-0.1, -0.05) is 72.3 Å². The van der Waals surface area contributed by atoms with Gasteiger partial charge in [-0.3, -0.25) is 9.69 Å². The van der Waals surface area contributed by atoms with Gasteiger partial charge in [0.05, 0.1) is 34.8 Å². The number of nitrogens with zero attached hydrogens (tertiary/aromatic N) is 6. The van der Waals surface area contributed by atoms with Crippen LogP contribution in [0.15, 0.2) is 128 Å². The number of hydrogen-bond donors (Lipinski definition) is 3. The Balaban J connectivity index is 0.871. The summed E-state index contributed by atoms with van der Waals surface area (Å²) in [4.78, 5) is 61.6. The number of methoxy groups -OCH3 is 1. The van der Waals surface area contributed by atoms with Crippen molar-refractivity contribution in [2.24, 2.45) is 0 Å². The lowest BCUT2D eigenvalue weighted by atomic mass is 9.96. The number of halogens is 2. The van der Waals surface area contributed by atoms with Crippen molar-refractivity contribution in [1.29, 1.82) is 0 Å². The largest absolute Gasteiger partial charge is 0.496 e. The van der Waals surface area contributed by atoms with Crippen LogP contribution in [-0.4, -0.2) is 118 Å². The summed E-state index contributed by atoms with van der Waals surface area (Å²) in [5.41, 5.74) is 6.03. The number of rotatable bonds is 21. The quantitative estimate of drug-likeness (QED) is 0.0614. The van der Waals surface area contributed by atoms with Gasteiger partial charge in [-0.05, 0) is 103 Å². The SMILES string of the molecule is CNC(C)C(=O)Nc1ccc(COC(=O)N2CCN(CCOc3ccc(-c4c(-c5ccc(F)cc5)sc5ncnc(OC(Cc6ccccc6OCc6ccnc(-c7ccccc7OC)n6)C(=O)O)c45)c(C)c3Cl)CC2)cc1. The fraction of sp³-hybridized carbons (Fsp3) is 0.259. The van der Waals surface area contributed by atoms with Gasteiger partial charge in [-0.25, -0.2) is 33.9 Å². The van der Waals surface area contributed by atoms with Gasteiger partial charge in [0, 0.05) is 61.5 Å². The molecule has 2 atom stereocenters. The fourth-order valence-electron chi connectivity index (χ4n) is 8.76. The summed E-state index contributed by atoms with van der Waals surface area (Å²) in [5.74, 6) is 0.259. The van der Waals surface area contributed by atoms with Crippen molar-refractivity contribution >= 4 is 56.8 Å². The predicted molar refractivity (Wildman–Crippen MR) is 296 cm³/mol. The van der Waals surface area contributed by atoms with E-state index < -0.39 is 24.0 Å². The molecule has 5 aromatic carbocycles. The van der Waals surface area contributed by atoms with Crippen molar-refractivity contribution in [3.63, 3.8) is 0 Å². The number of thiophene rings is 1. The number of piperazine rings is 1. The number of aromatic nitrogens is 4. The molecule has 2 amide bonds. The fourth-order valence-corrected chi connectivity index (χ4v) is 10.1. The van der Waals surface area contributed by atoms with Gasteiger partial charge in [-0.2, -0.15) is 0 Å². The molecule has 1 aliphatic heterocycles. The maximum absolute atomic E-state index is 14.4. The Morgan fingerprint density at radius 3 is 2.32 bits per heavy atom. The number of anilines is 1. The van der Waals surface area contributed by atoms with Gasteiger partial charge in [0.25, 0.3) is 0 Å². The molecule has 1 aliphatic rings. The van der Waals surface area contributed by atoms with Crippen LogP contribution < -0.4 is 29.6 Å². The number of hydrogen-bond acceptors (Lipinski definition) is 15. The van der Waals surface area contributed by atoms with Crippen LogP contribution in [0.2, 0.25) is 5.02 Å². The van der Waals surface area contributed by atoms with Gasteiger partial charge in [0.2, 0.25) is 17.9 Å². The average molecular weight is 1100 g/mol. The number of amides is 2. The molecule has 3 aromatic heterocycles. The highest BCUT2D eigenvalue weighted by Gasteiger charge is 2.29. The van der Waals surface area contributed by atoms with E-state index in [4.69, 9.17) is 40.3 Å². The summed E-state index contributed by atoms with van der Waals surface area (Å²) in [6.45, 7) is 6.90. The van der Waals surface area contributed by atoms with E-state index in [1.807, 2.05) is 49.4 Å². The van der Waals surface area contributed by atoms with Crippen molar-refractivity contribution in [3.05, 3.63) is 161 Å². The minimum atomic E-state index is -1.42. The zero-order valence-electron chi connectivity index (χ0n) is 43.2. The molecule has 402 valence electrons. The van der Waals surface area contributed by atoms with Gasteiger partial charge < -0.3 is 44.3 Å². The Kier molecular flexibility index (Phi) is 17.7. The smallest absolute Gasteiger partial charge is 0.410 e. The van der Waals surface area contributed by atoms with Crippen LogP contribution >= 0.6 is 22.9 Å². The zero-order chi connectivity index (χ0) is 54.7. The zero-order valence-corrected chi connectivity index (χ0v) is 44.8. The molecule has 8 aromatic rings. The Morgan fingerprint density at radius 2 is 1.58 bits per heavy atom. The number of fused-ring (bicyclic) bond motifs is 1. The molecule has 0 aliphatic carbocycles. The van der Waals surface area contributed by atoms with Crippen LogP contribution in [0, 0.1) is 12.7 Å². The predicted octanol–water partition coefficient (Wildman–Crippen LogP) is 10.1. The number of benzene rings is 5. The molecule has 1 fully saturated rings. The first-order valence-corrected chi connectivity index (χ1v) is 26.3. The van der Waals surface area contributed by atoms with E-state index in [2.05, 4.69) is 30.5 Å². The second-order valence-electron chi connectivity index (χ2n) is 18.3. The van der Waals surface area contributed by atoms with Crippen molar-refractivity contribution in [2.75, 3.05) is 58.8 Å². The normalized spacial score (nSPS) is 13.4. The van der Waals surface area contributed by atoms with Crippen LogP contribution in [0.5, 0.6) is 23.1 Å². The number of likely N-dealkylation sites (N-methyl/N-ethyl adjacent to an activating group) is 1. The highest BCUT2D eigenvalue weighted by molar-refractivity contribution is 7.22. The maximum atomic E-state index is 14.4. The molecule has 20 heteroatoms. The van der Waals surface area contributed by atoms with E-state index >= 15 is 0 Å². The van der Waals surface area contributed by atoms with Gasteiger partial charge in [0.15, 0.2) is 5.82 Å². The van der Waals surface area contributed by atoms with Crippen molar-refractivity contribution in [3.8, 4) is 56.1 Å². The lowest BCUT2D eigenvalue weighted by Crippen LogP contribution is -2.49. The summed E-state index contributed by atoms with van der Waals surface area (Å²) >= 11 is 8.47. The summed E-state index contributed by atoms with van der Waals surface area (Å²) in [6, 6.07) is 32.9. The van der Waals surface area contributed by atoms with Gasteiger partial charge in [-0.15, -0.1) is 11.3 Å². The summed E-state index contributed by atoms with van der Waals surface area (Å²) < 4.78 is 44.4. The molecule has 1 saturated heterocycles. The Hall–Kier alpha value is -8.23. The molecular weight excluding hydrogens is 1040 g/mol. The summed E-state index contributed by atoms with van der Waals surface area (Å²) in [7, 11) is 3.30. The number of carboxylic acid groups (broad SMARTS) is 1. The number of carboxylic acids is 1. The molecule has 0 radical (unpaired) electrons. The maximum Gasteiger partial charge on any atom is 0.410 e.